The summed E-state index contributed by atoms with van der Waals surface area (Å²) < 4.78 is 0.655. The molecular weight excluding hydrogens is 260 g/mol. The van der Waals surface area contributed by atoms with Crippen LogP contribution in [0.4, 0.5) is 0 Å². The average Bonchev–Trinajstić information content (AvgIpc) is 2.45. The first-order valence-corrected chi connectivity index (χ1v) is 6.89. The molecule has 0 fully saturated rings. The quantitative estimate of drug-likeness (QED) is 0.392. The zero-order valence-corrected chi connectivity index (χ0v) is 11.1. The molecule has 0 saturated heterocycles. The minimum atomic E-state index is -0.158. The normalized spacial score (nSPS) is 10.1. The third-order valence-electron chi connectivity index (χ3n) is 2.46. The van der Waals surface area contributed by atoms with Gasteiger partial charge >= 0.3 is 0 Å². The van der Waals surface area contributed by atoms with Gasteiger partial charge in [-0.15, -0.1) is 11.8 Å². The number of hydrogen-bond donors (Lipinski definition) is 1. The molecule has 0 aliphatic heterocycles. The maximum atomic E-state index is 11.7. The molecule has 0 aliphatic carbocycles. The van der Waals surface area contributed by atoms with Crippen LogP contribution in [0.25, 0.3) is 0 Å². The van der Waals surface area contributed by atoms with Crippen LogP contribution < -0.4 is 10.0 Å². The highest BCUT2D eigenvalue weighted by atomic mass is 32.2. The van der Waals surface area contributed by atoms with Crippen molar-refractivity contribution in [3.8, 4) is 0 Å². The van der Waals surface area contributed by atoms with E-state index in [-0.39, 0.29) is 5.91 Å². The van der Waals surface area contributed by atoms with E-state index in [0.29, 0.717) is 16.8 Å². The van der Waals surface area contributed by atoms with Crippen molar-refractivity contribution in [2.75, 3.05) is 12.3 Å². The molecule has 0 atom stereocenters. The van der Waals surface area contributed by atoms with Crippen LogP contribution in [0, 0.1) is 5.21 Å². The van der Waals surface area contributed by atoms with E-state index in [1.807, 2.05) is 30.3 Å². The fourth-order valence-electron chi connectivity index (χ4n) is 1.52. The second kappa shape index (κ2) is 6.80. The van der Waals surface area contributed by atoms with Crippen molar-refractivity contribution in [3.05, 3.63) is 65.6 Å². The SMILES string of the molecule is O=C(NCCSc1ccccc1)c1cc[n+]([O-])cc1. The Bertz CT molecular complexity index is 529. The Hall–Kier alpha value is -2.01. The molecule has 5 heteroatoms. The molecule has 1 amide bonds. The number of aromatic nitrogens is 1. The minimum Gasteiger partial charge on any atom is -0.619 e. The van der Waals surface area contributed by atoms with Crippen molar-refractivity contribution in [2.45, 2.75) is 4.90 Å². The lowest BCUT2D eigenvalue weighted by molar-refractivity contribution is -0.605. The third kappa shape index (κ3) is 4.30. The number of thioether (sulfide) groups is 1. The number of amides is 1. The van der Waals surface area contributed by atoms with Gasteiger partial charge in [-0.2, -0.15) is 4.73 Å². The van der Waals surface area contributed by atoms with Crippen LogP contribution >= 0.6 is 11.8 Å². The van der Waals surface area contributed by atoms with Crippen molar-refractivity contribution in [2.24, 2.45) is 0 Å². The molecule has 19 heavy (non-hydrogen) atoms. The summed E-state index contributed by atoms with van der Waals surface area (Å²) in [5.41, 5.74) is 0.497. The van der Waals surface area contributed by atoms with E-state index in [9.17, 15) is 10.0 Å². The van der Waals surface area contributed by atoms with Gasteiger partial charge in [-0.05, 0) is 12.1 Å². The van der Waals surface area contributed by atoms with Crippen LogP contribution in [-0.2, 0) is 0 Å². The van der Waals surface area contributed by atoms with E-state index >= 15 is 0 Å². The molecule has 2 aromatic rings. The Labute approximate surface area is 116 Å². The zero-order valence-electron chi connectivity index (χ0n) is 10.3. The molecule has 98 valence electrons. The van der Waals surface area contributed by atoms with Crippen LogP contribution in [0.2, 0.25) is 0 Å². The summed E-state index contributed by atoms with van der Waals surface area (Å²) in [6.07, 6.45) is 2.63. The van der Waals surface area contributed by atoms with Gasteiger partial charge in [0, 0.05) is 29.3 Å². The molecular formula is C14H14N2O2S. The summed E-state index contributed by atoms with van der Waals surface area (Å²) in [5, 5.41) is 13.7. The van der Waals surface area contributed by atoms with Gasteiger partial charge in [0.05, 0.1) is 5.56 Å². The predicted molar refractivity (Wildman–Crippen MR) is 74.9 cm³/mol. The Morgan fingerprint density at radius 1 is 1.16 bits per heavy atom. The largest absolute Gasteiger partial charge is 0.619 e. The van der Waals surface area contributed by atoms with E-state index in [0.717, 1.165) is 5.75 Å². The summed E-state index contributed by atoms with van der Waals surface area (Å²) in [5.74, 6) is 0.652. The molecule has 0 radical (unpaired) electrons. The van der Waals surface area contributed by atoms with Gasteiger partial charge < -0.3 is 10.5 Å². The van der Waals surface area contributed by atoms with Crippen LogP contribution in [0.15, 0.2) is 59.8 Å². The summed E-state index contributed by atoms with van der Waals surface area (Å²) >= 11 is 1.69. The fraction of sp³-hybridized carbons (Fsp3) is 0.143. The zero-order chi connectivity index (χ0) is 13.5. The number of nitrogens with one attached hydrogen (secondary N) is 1. The Morgan fingerprint density at radius 3 is 2.53 bits per heavy atom. The molecule has 0 bridgehead atoms. The van der Waals surface area contributed by atoms with Crippen LogP contribution in [0.1, 0.15) is 10.4 Å². The molecule has 1 aromatic heterocycles. The molecule has 0 spiro atoms. The molecule has 1 N–H and O–H groups in total. The van der Waals surface area contributed by atoms with Gasteiger partial charge in [0.1, 0.15) is 0 Å². The monoisotopic (exact) mass is 274 g/mol. The Morgan fingerprint density at radius 2 is 1.84 bits per heavy atom. The average molecular weight is 274 g/mol. The lowest BCUT2D eigenvalue weighted by Gasteiger charge is -2.05. The van der Waals surface area contributed by atoms with Crippen molar-refractivity contribution in [1.82, 2.24) is 5.32 Å². The second-order valence-corrected chi connectivity index (χ2v) is 5.03. The van der Waals surface area contributed by atoms with Gasteiger partial charge in [-0.25, -0.2) is 0 Å². The van der Waals surface area contributed by atoms with E-state index in [1.54, 1.807) is 11.8 Å². The second-order valence-electron chi connectivity index (χ2n) is 3.86. The van der Waals surface area contributed by atoms with E-state index in [2.05, 4.69) is 5.32 Å². The molecule has 2 rings (SSSR count). The molecule has 1 aromatic carbocycles. The Kier molecular flexibility index (Phi) is 4.80. The number of nitrogens with zero attached hydrogens (tertiary/aromatic N) is 1. The molecule has 0 aliphatic rings. The number of pyridine rings is 1. The summed E-state index contributed by atoms with van der Waals surface area (Å²) in [7, 11) is 0. The van der Waals surface area contributed by atoms with E-state index < -0.39 is 0 Å². The van der Waals surface area contributed by atoms with Gasteiger partial charge in [0.2, 0.25) is 0 Å². The Balaban J connectivity index is 1.74. The van der Waals surface area contributed by atoms with Gasteiger partial charge in [0.15, 0.2) is 12.4 Å². The smallest absolute Gasteiger partial charge is 0.251 e. The van der Waals surface area contributed by atoms with Crippen molar-refractivity contribution >= 4 is 17.7 Å². The van der Waals surface area contributed by atoms with Crippen LogP contribution in [0.3, 0.4) is 0 Å². The number of carbonyl (C=O) groups excluding carboxylic acids is 1. The van der Waals surface area contributed by atoms with Gasteiger partial charge in [-0.1, -0.05) is 18.2 Å². The molecule has 0 saturated carbocycles. The van der Waals surface area contributed by atoms with Crippen molar-refractivity contribution < 1.29 is 9.52 Å². The highest BCUT2D eigenvalue weighted by Gasteiger charge is 2.05. The van der Waals surface area contributed by atoms with E-state index in [4.69, 9.17) is 0 Å². The number of hydrogen-bond acceptors (Lipinski definition) is 3. The third-order valence-corrected chi connectivity index (χ3v) is 3.48. The lowest BCUT2D eigenvalue weighted by Crippen LogP contribution is -2.28. The van der Waals surface area contributed by atoms with Gasteiger partial charge in [0.25, 0.3) is 5.91 Å². The minimum absolute atomic E-state index is 0.158. The van der Waals surface area contributed by atoms with Crippen LogP contribution in [0.5, 0.6) is 0 Å². The maximum absolute atomic E-state index is 11.7. The van der Waals surface area contributed by atoms with Crippen molar-refractivity contribution in [1.29, 1.82) is 0 Å². The fourth-order valence-corrected chi connectivity index (χ4v) is 2.31. The maximum Gasteiger partial charge on any atom is 0.251 e. The molecule has 0 unspecified atom stereocenters. The summed E-state index contributed by atoms with van der Waals surface area (Å²) in [6.45, 7) is 0.588. The standard InChI is InChI=1S/C14H14N2O2S/c17-14(12-6-9-16(18)10-7-12)15-8-11-19-13-4-2-1-3-5-13/h1-7,9-10H,8,11H2,(H,15,17). The first-order valence-electron chi connectivity index (χ1n) is 5.90. The van der Waals surface area contributed by atoms with Crippen LogP contribution in [-0.4, -0.2) is 18.2 Å². The first kappa shape index (κ1) is 13.4. The highest BCUT2D eigenvalue weighted by Crippen LogP contribution is 2.15. The number of carbonyl (C=O) groups is 1. The number of benzene rings is 1. The summed E-state index contributed by atoms with van der Waals surface area (Å²) in [6, 6.07) is 13.0. The highest BCUT2D eigenvalue weighted by molar-refractivity contribution is 7.99. The first-order chi connectivity index (χ1) is 9.25. The van der Waals surface area contributed by atoms with E-state index in [1.165, 1.54) is 29.4 Å². The molecule has 1 heterocycles. The number of rotatable bonds is 5. The van der Waals surface area contributed by atoms with Gasteiger partial charge in [-0.3, -0.25) is 4.79 Å². The topological polar surface area (TPSA) is 56.0 Å². The van der Waals surface area contributed by atoms with Crippen molar-refractivity contribution in [3.63, 3.8) is 0 Å². The lowest BCUT2D eigenvalue weighted by atomic mass is 10.2. The predicted octanol–water partition coefficient (Wildman–Crippen LogP) is 1.84. The summed E-state index contributed by atoms with van der Waals surface area (Å²) in [4.78, 5) is 12.9. The molecule has 4 nitrogen and oxygen atoms in total.